The highest BCUT2D eigenvalue weighted by molar-refractivity contribution is 5.97. The second kappa shape index (κ2) is 13.4. The van der Waals surface area contributed by atoms with Crippen molar-refractivity contribution in [3.8, 4) is 5.75 Å². The highest BCUT2D eigenvalue weighted by Gasteiger charge is 2.33. The molecule has 0 radical (unpaired) electrons. The molecule has 1 aliphatic carbocycles. The van der Waals surface area contributed by atoms with Crippen molar-refractivity contribution in [3.63, 3.8) is 0 Å². The number of piperidine rings is 1. The fourth-order valence-electron chi connectivity index (χ4n) is 4.73. The normalized spacial score (nSPS) is 20.2. The van der Waals surface area contributed by atoms with Crippen molar-refractivity contribution in [3.05, 3.63) is 29.3 Å². The summed E-state index contributed by atoms with van der Waals surface area (Å²) < 4.78 is 10.8. The van der Waals surface area contributed by atoms with Gasteiger partial charge in [0.1, 0.15) is 5.75 Å². The van der Waals surface area contributed by atoms with E-state index in [1.807, 2.05) is 24.8 Å². The Labute approximate surface area is 188 Å². The molecule has 0 N–H and O–H groups in total. The van der Waals surface area contributed by atoms with E-state index in [1.165, 1.54) is 25.7 Å². The molecule has 1 amide bonds. The summed E-state index contributed by atoms with van der Waals surface area (Å²) in [5, 5.41) is 0. The zero-order valence-electron chi connectivity index (χ0n) is 20.0. The van der Waals surface area contributed by atoms with Gasteiger partial charge < -0.3 is 14.4 Å². The van der Waals surface area contributed by atoms with Crippen LogP contribution in [0.3, 0.4) is 0 Å². The minimum atomic E-state index is -0.235. The maximum atomic E-state index is 13.1. The number of hydrogen-bond acceptors (Lipinski definition) is 4. The van der Waals surface area contributed by atoms with Crippen molar-refractivity contribution in [1.29, 1.82) is 0 Å². The molecule has 5 nitrogen and oxygen atoms in total. The number of esters is 1. The quantitative estimate of drug-likeness (QED) is 0.394. The van der Waals surface area contributed by atoms with E-state index in [4.69, 9.17) is 9.47 Å². The maximum Gasteiger partial charge on any atom is 0.310 e. The first-order valence-corrected chi connectivity index (χ1v) is 12.2. The first kappa shape index (κ1) is 25.2. The number of nitrogens with zero attached hydrogens (tertiary/aromatic N) is 1. The molecule has 174 valence electrons. The molecule has 1 aromatic rings. The molecule has 1 aromatic carbocycles. The number of hydrogen-bond donors (Lipinski definition) is 0. The van der Waals surface area contributed by atoms with Crippen LogP contribution in [0.25, 0.3) is 0 Å². The van der Waals surface area contributed by atoms with Gasteiger partial charge >= 0.3 is 5.97 Å². The standard InChI is InChI=1S/C24H35NO4.C2H6/c1-3-4-7-14-29-23(26)16-18-10-11-21(22(15-18)28-2)24(27)25-13-12-19-8-5-6-9-20(19)17-25;1-2/h10-11,15,19-20H,3-9,12-14,16-17H2,1-2H3;1-2H3/t19-,20-;/m0./s1. The number of carbonyl (C=O) groups excluding carboxylic acids is 2. The van der Waals surface area contributed by atoms with Gasteiger partial charge in [0.15, 0.2) is 0 Å². The van der Waals surface area contributed by atoms with Gasteiger partial charge in [0, 0.05) is 13.1 Å². The molecule has 0 bridgehead atoms. The van der Waals surface area contributed by atoms with E-state index >= 15 is 0 Å². The molecule has 31 heavy (non-hydrogen) atoms. The number of rotatable bonds is 8. The second-order valence-electron chi connectivity index (χ2n) is 8.48. The van der Waals surface area contributed by atoms with Gasteiger partial charge in [-0.05, 0) is 48.8 Å². The van der Waals surface area contributed by atoms with Gasteiger partial charge in [-0.25, -0.2) is 0 Å². The third kappa shape index (κ3) is 7.26. The highest BCUT2D eigenvalue weighted by atomic mass is 16.5. The third-order valence-electron chi connectivity index (χ3n) is 6.43. The first-order chi connectivity index (χ1) is 15.1. The smallest absolute Gasteiger partial charge is 0.310 e. The Morgan fingerprint density at radius 3 is 2.52 bits per heavy atom. The van der Waals surface area contributed by atoms with E-state index < -0.39 is 0 Å². The monoisotopic (exact) mass is 431 g/mol. The Morgan fingerprint density at radius 1 is 1.06 bits per heavy atom. The van der Waals surface area contributed by atoms with Crippen molar-refractivity contribution in [2.75, 3.05) is 26.8 Å². The van der Waals surface area contributed by atoms with E-state index in [1.54, 1.807) is 19.2 Å². The predicted octanol–water partition coefficient (Wildman–Crippen LogP) is 5.65. The van der Waals surface area contributed by atoms with E-state index in [0.29, 0.717) is 23.8 Å². The van der Waals surface area contributed by atoms with Crippen LogP contribution in [0.1, 0.15) is 88.1 Å². The largest absolute Gasteiger partial charge is 0.496 e. The number of amides is 1. The molecule has 1 saturated heterocycles. The highest BCUT2D eigenvalue weighted by Crippen LogP contribution is 2.37. The Hall–Kier alpha value is -2.04. The van der Waals surface area contributed by atoms with Gasteiger partial charge in [0.2, 0.25) is 0 Å². The summed E-state index contributed by atoms with van der Waals surface area (Å²) in [5.41, 5.74) is 1.40. The van der Waals surface area contributed by atoms with Crippen molar-refractivity contribution in [2.45, 2.75) is 78.6 Å². The number of benzene rings is 1. The average Bonchev–Trinajstić information content (AvgIpc) is 2.82. The van der Waals surface area contributed by atoms with E-state index in [0.717, 1.165) is 50.3 Å². The summed E-state index contributed by atoms with van der Waals surface area (Å²) in [4.78, 5) is 27.2. The molecule has 2 fully saturated rings. The van der Waals surface area contributed by atoms with Crippen LogP contribution in [0.5, 0.6) is 5.75 Å². The first-order valence-electron chi connectivity index (χ1n) is 12.2. The summed E-state index contributed by atoms with van der Waals surface area (Å²) in [6.45, 7) is 8.28. The summed E-state index contributed by atoms with van der Waals surface area (Å²) in [6.07, 6.45) is 9.56. The van der Waals surface area contributed by atoms with Gasteiger partial charge in [-0.1, -0.05) is 58.9 Å². The molecule has 2 aliphatic rings. The molecule has 1 aliphatic heterocycles. The van der Waals surface area contributed by atoms with E-state index in [-0.39, 0.29) is 18.3 Å². The topological polar surface area (TPSA) is 55.8 Å². The van der Waals surface area contributed by atoms with E-state index in [9.17, 15) is 9.59 Å². The van der Waals surface area contributed by atoms with Gasteiger partial charge in [0.25, 0.3) is 5.91 Å². The molecule has 2 atom stereocenters. The van der Waals surface area contributed by atoms with Crippen LogP contribution in [0.2, 0.25) is 0 Å². The van der Waals surface area contributed by atoms with Crippen LogP contribution < -0.4 is 4.74 Å². The summed E-state index contributed by atoms with van der Waals surface area (Å²) in [5.74, 6) is 1.79. The maximum absolute atomic E-state index is 13.1. The van der Waals surface area contributed by atoms with Gasteiger partial charge in [-0.3, -0.25) is 9.59 Å². The molecule has 1 saturated carbocycles. The third-order valence-corrected chi connectivity index (χ3v) is 6.43. The number of methoxy groups -OCH3 is 1. The number of fused-ring (bicyclic) bond motifs is 1. The van der Waals surface area contributed by atoms with Gasteiger partial charge in [0.05, 0.1) is 25.7 Å². The van der Waals surface area contributed by atoms with Crippen molar-refractivity contribution < 1.29 is 19.1 Å². The molecule has 0 unspecified atom stereocenters. The lowest BCUT2D eigenvalue weighted by molar-refractivity contribution is -0.142. The van der Waals surface area contributed by atoms with Crippen LogP contribution in [-0.4, -0.2) is 43.6 Å². The lowest BCUT2D eigenvalue weighted by Crippen LogP contribution is -2.44. The zero-order chi connectivity index (χ0) is 22.6. The molecule has 5 heteroatoms. The predicted molar refractivity (Wildman–Crippen MR) is 124 cm³/mol. The SMILES string of the molecule is CC.CCCCCOC(=O)Cc1ccc(C(=O)N2CC[C@@H]3CCCC[C@H]3C2)c(OC)c1. The molecule has 0 aromatic heterocycles. The second-order valence-corrected chi connectivity index (χ2v) is 8.48. The lowest BCUT2D eigenvalue weighted by Gasteiger charge is -2.41. The summed E-state index contributed by atoms with van der Waals surface area (Å²) in [6, 6.07) is 5.44. The van der Waals surface area contributed by atoms with Gasteiger partial charge in [-0.15, -0.1) is 0 Å². The minimum Gasteiger partial charge on any atom is -0.496 e. The molecule has 3 rings (SSSR count). The van der Waals surface area contributed by atoms with Crippen LogP contribution >= 0.6 is 0 Å². The number of unbranched alkanes of at least 4 members (excludes halogenated alkanes) is 2. The van der Waals surface area contributed by atoms with Crippen molar-refractivity contribution in [2.24, 2.45) is 11.8 Å². The number of ether oxygens (including phenoxy) is 2. The van der Waals surface area contributed by atoms with Crippen LogP contribution in [0, 0.1) is 11.8 Å². The summed E-state index contributed by atoms with van der Waals surface area (Å²) in [7, 11) is 1.58. The average molecular weight is 432 g/mol. The number of likely N-dealkylation sites (tertiary alicyclic amines) is 1. The molecular formula is C26H41NO4. The fourth-order valence-corrected chi connectivity index (χ4v) is 4.73. The molecular weight excluding hydrogens is 390 g/mol. The molecule has 1 heterocycles. The fraction of sp³-hybridized carbons (Fsp3) is 0.692. The van der Waals surface area contributed by atoms with E-state index in [2.05, 4.69) is 6.92 Å². The van der Waals surface area contributed by atoms with Crippen LogP contribution in [-0.2, 0) is 16.0 Å². The lowest BCUT2D eigenvalue weighted by atomic mass is 9.75. The minimum absolute atomic E-state index is 0.0413. The Kier molecular flexibility index (Phi) is 10.9. The molecule has 0 spiro atoms. The van der Waals surface area contributed by atoms with Crippen LogP contribution in [0.4, 0.5) is 0 Å². The van der Waals surface area contributed by atoms with Crippen LogP contribution in [0.15, 0.2) is 18.2 Å². The number of carbonyl (C=O) groups is 2. The van der Waals surface area contributed by atoms with Crippen molar-refractivity contribution in [1.82, 2.24) is 4.90 Å². The summed E-state index contributed by atoms with van der Waals surface area (Å²) >= 11 is 0. The zero-order valence-corrected chi connectivity index (χ0v) is 20.0. The van der Waals surface area contributed by atoms with Gasteiger partial charge in [-0.2, -0.15) is 0 Å². The van der Waals surface area contributed by atoms with Crippen molar-refractivity contribution >= 4 is 11.9 Å². The Morgan fingerprint density at radius 2 is 1.81 bits per heavy atom. The Balaban J connectivity index is 0.00000166. The Bertz CT molecular complexity index is 703.